The molecule has 38 heavy (non-hydrogen) atoms. The summed E-state index contributed by atoms with van der Waals surface area (Å²) in [4.78, 5) is 40.0. The van der Waals surface area contributed by atoms with E-state index in [-0.39, 0.29) is 25.3 Å². The number of nitrogens with zero attached hydrogens (tertiary/aromatic N) is 1. The number of Topliss-reactive ketones (excluding diaryl/α,β-unsaturated/α-hetero) is 1. The Balaban J connectivity index is 1.74. The number of carbonyl (C=O) groups is 3. The number of amides is 2. The van der Waals surface area contributed by atoms with Crippen LogP contribution in [0.1, 0.15) is 42.8 Å². The Morgan fingerprint density at radius 1 is 1.16 bits per heavy atom. The van der Waals surface area contributed by atoms with E-state index in [1.165, 1.54) is 23.5 Å². The highest BCUT2D eigenvalue weighted by molar-refractivity contribution is 7.89. The van der Waals surface area contributed by atoms with E-state index < -0.39 is 50.4 Å². The van der Waals surface area contributed by atoms with Crippen molar-refractivity contribution in [3.8, 4) is 0 Å². The molecule has 0 saturated carbocycles. The van der Waals surface area contributed by atoms with E-state index in [0.717, 1.165) is 22.2 Å². The summed E-state index contributed by atoms with van der Waals surface area (Å²) in [7, 11) is -4.77. The number of thiophene rings is 1. The number of rotatable bonds is 8. The van der Waals surface area contributed by atoms with Crippen LogP contribution in [0, 0.1) is 11.7 Å². The molecular weight excluding hydrogens is 529 g/mol. The summed E-state index contributed by atoms with van der Waals surface area (Å²) < 4.78 is 43.7. The standard InChI is InChI=1S/C27H30FN3O5S2/c1-17(2)14-20(30-26(33)24-15-18-8-3-5-11-23(18)37-24)27(34)31(21-10-7-13-29-16-22(21)32)38(35,36)25-12-6-4-9-19(25)28/h3-6,8-9,11-12,15,17,20-21,29H,7,10,13-14,16H2,1-2H3,(H,30,33)/t20?,21-/m0/s1. The number of carbonyl (C=O) groups excluding carboxylic acids is 3. The first kappa shape index (κ1) is 27.9. The van der Waals surface area contributed by atoms with E-state index in [0.29, 0.717) is 22.1 Å². The van der Waals surface area contributed by atoms with Gasteiger partial charge in [0.2, 0.25) is 0 Å². The average molecular weight is 560 g/mol. The molecule has 2 atom stereocenters. The van der Waals surface area contributed by atoms with Crippen molar-refractivity contribution in [2.24, 2.45) is 5.92 Å². The second-order valence-electron chi connectivity index (χ2n) is 9.67. The largest absolute Gasteiger partial charge is 0.339 e. The Morgan fingerprint density at radius 3 is 2.58 bits per heavy atom. The molecule has 0 radical (unpaired) electrons. The molecule has 0 bridgehead atoms. The van der Waals surface area contributed by atoms with Crippen molar-refractivity contribution >= 4 is 49.0 Å². The Morgan fingerprint density at radius 2 is 1.87 bits per heavy atom. The highest BCUT2D eigenvalue weighted by atomic mass is 32.2. The lowest BCUT2D eigenvalue weighted by molar-refractivity contribution is -0.135. The number of hydrogen-bond donors (Lipinski definition) is 2. The van der Waals surface area contributed by atoms with Gasteiger partial charge in [-0.3, -0.25) is 14.4 Å². The molecule has 1 unspecified atom stereocenters. The second-order valence-corrected chi connectivity index (χ2v) is 12.5. The lowest BCUT2D eigenvalue weighted by Gasteiger charge is -2.33. The first-order chi connectivity index (χ1) is 18.1. The van der Waals surface area contributed by atoms with Gasteiger partial charge in [0, 0.05) is 4.70 Å². The van der Waals surface area contributed by atoms with Gasteiger partial charge < -0.3 is 10.6 Å². The summed E-state index contributed by atoms with van der Waals surface area (Å²) in [5.41, 5.74) is 0. The Kier molecular flexibility index (Phi) is 8.59. The van der Waals surface area contributed by atoms with E-state index in [1.54, 1.807) is 6.07 Å². The fourth-order valence-corrected chi connectivity index (χ4v) is 7.19. The van der Waals surface area contributed by atoms with Gasteiger partial charge in [-0.1, -0.05) is 44.2 Å². The molecule has 1 aliphatic rings. The molecule has 1 fully saturated rings. The molecule has 8 nitrogen and oxygen atoms in total. The Labute approximate surface area is 225 Å². The van der Waals surface area contributed by atoms with Crippen LogP contribution in [0.3, 0.4) is 0 Å². The van der Waals surface area contributed by atoms with Crippen LogP contribution in [0.2, 0.25) is 0 Å². The van der Waals surface area contributed by atoms with Crippen LogP contribution in [0.5, 0.6) is 0 Å². The normalized spacial score (nSPS) is 17.3. The summed E-state index contributed by atoms with van der Waals surface area (Å²) in [5, 5.41) is 6.51. The SMILES string of the molecule is CC(C)CC(NC(=O)c1cc2ccccc2s1)C(=O)N([C@H]1CCCNCC1=O)S(=O)(=O)c1ccccc1F. The number of halogens is 1. The zero-order valence-corrected chi connectivity index (χ0v) is 22.8. The maximum absolute atomic E-state index is 14.7. The van der Waals surface area contributed by atoms with Gasteiger partial charge in [-0.2, -0.15) is 0 Å². The first-order valence-electron chi connectivity index (χ1n) is 12.4. The van der Waals surface area contributed by atoms with E-state index in [1.807, 2.05) is 38.1 Å². The average Bonchev–Trinajstić information content (AvgIpc) is 3.21. The lowest BCUT2D eigenvalue weighted by atomic mass is 10.0. The minimum Gasteiger partial charge on any atom is -0.339 e. The van der Waals surface area contributed by atoms with Gasteiger partial charge in [0.1, 0.15) is 22.8 Å². The molecule has 2 N–H and O–H groups in total. The molecule has 2 aromatic carbocycles. The number of sulfonamides is 1. The monoisotopic (exact) mass is 559 g/mol. The fraction of sp³-hybridized carbons (Fsp3) is 0.370. The molecular formula is C27H30FN3O5S2. The number of ketones is 1. The molecule has 11 heteroatoms. The minimum absolute atomic E-state index is 0.0872. The minimum atomic E-state index is -4.77. The van der Waals surface area contributed by atoms with Crippen LogP contribution in [0.25, 0.3) is 10.1 Å². The summed E-state index contributed by atoms with van der Waals surface area (Å²) in [6.45, 7) is 4.02. The van der Waals surface area contributed by atoms with Gasteiger partial charge in [-0.15, -0.1) is 11.3 Å². The topological polar surface area (TPSA) is 113 Å². The van der Waals surface area contributed by atoms with Crippen LogP contribution in [-0.4, -0.2) is 55.5 Å². The van der Waals surface area contributed by atoms with Gasteiger partial charge in [0.25, 0.3) is 21.8 Å². The zero-order chi connectivity index (χ0) is 27.4. The molecule has 2 heterocycles. The van der Waals surface area contributed by atoms with Gasteiger partial charge in [-0.25, -0.2) is 17.1 Å². The molecule has 4 rings (SSSR count). The van der Waals surface area contributed by atoms with Crippen molar-refractivity contribution in [1.29, 1.82) is 0 Å². The zero-order valence-electron chi connectivity index (χ0n) is 21.1. The fourth-order valence-electron chi connectivity index (χ4n) is 4.53. The van der Waals surface area contributed by atoms with Gasteiger partial charge in [0.05, 0.1) is 11.4 Å². The first-order valence-corrected chi connectivity index (χ1v) is 14.7. The van der Waals surface area contributed by atoms with Crippen molar-refractivity contribution in [2.45, 2.75) is 50.1 Å². The number of hydrogen-bond acceptors (Lipinski definition) is 7. The third-order valence-electron chi connectivity index (χ3n) is 6.34. The molecule has 0 spiro atoms. The predicted molar refractivity (Wildman–Crippen MR) is 144 cm³/mol. The lowest BCUT2D eigenvalue weighted by Crippen LogP contribution is -2.56. The van der Waals surface area contributed by atoms with Gasteiger partial charge >= 0.3 is 0 Å². The van der Waals surface area contributed by atoms with E-state index in [9.17, 15) is 27.2 Å². The Hall–Kier alpha value is -3.15. The van der Waals surface area contributed by atoms with E-state index in [4.69, 9.17) is 0 Å². The third-order valence-corrected chi connectivity index (χ3v) is 9.29. The number of nitrogens with one attached hydrogen (secondary N) is 2. The molecule has 1 aromatic heterocycles. The molecule has 2 amide bonds. The Bertz CT molecular complexity index is 1420. The van der Waals surface area contributed by atoms with Crippen molar-refractivity contribution in [3.63, 3.8) is 0 Å². The third kappa shape index (κ3) is 5.95. The van der Waals surface area contributed by atoms with Crippen LogP contribution in [0.4, 0.5) is 4.39 Å². The van der Waals surface area contributed by atoms with E-state index in [2.05, 4.69) is 10.6 Å². The van der Waals surface area contributed by atoms with Gasteiger partial charge in [0.15, 0.2) is 5.78 Å². The highest BCUT2D eigenvalue weighted by Gasteiger charge is 2.43. The van der Waals surface area contributed by atoms with Crippen LogP contribution < -0.4 is 10.6 Å². The van der Waals surface area contributed by atoms with Crippen LogP contribution in [-0.2, 0) is 19.6 Å². The summed E-state index contributed by atoms with van der Waals surface area (Å²) in [5.74, 6) is -3.11. The highest BCUT2D eigenvalue weighted by Crippen LogP contribution is 2.28. The van der Waals surface area contributed by atoms with Crippen molar-refractivity contribution in [2.75, 3.05) is 13.1 Å². The predicted octanol–water partition coefficient (Wildman–Crippen LogP) is 3.72. The van der Waals surface area contributed by atoms with Crippen molar-refractivity contribution < 1.29 is 27.2 Å². The van der Waals surface area contributed by atoms with Crippen molar-refractivity contribution in [3.05, 3.63) is 65.3 Å². The quantitative estimate of drug-likeness (QED) is 0.435. The van der Waals surface area contributed by atoms with Crippen LogP contribution in [0.15, 0.2) is 59.5 Å². The number of benzene rings is 2. The van der Waals surface area contributed by atoms with Gasteiger partial charge in [-0.05, 0) is 61.4 Å². The molecule has 3 aromatic rings. The molecule has 1 saturated heterocycles. The maximum atomic E-state index is 14.7. The summed E-state index contributed by atoms with van der Waals surface area (Å²) >= 11 is 1.25. The summed E-state index contributed by atoms with van der Waals surface area (Å²) in [6, 6.07) is 11.3. The smallest absolute Gasteiger partial charge is 0.270 e. The van der Waals surface area contributed by atoms with Crippen molar-refractivity contribution in [1.82, 2.24) is 14.9 Å². The second kappa shape index (κ2) is 11.7. The van der Waals surface area contributed by atoms with E-state index >= 15 is 0 Å². The van der Waals surface area contributed by atoms with Crippen LogP contribution >= 0.6 is 11.3 Å². The molecule has 1 aliphatic heterocycles. The molecule has 0 aliphatic carbocycles. The molecule has 202 valence electrons. The number of fused-ring (bicyclic) bond motifs is 1. The summed E-state index contributed by atoms with van der Waals surface area (Å²) in [6.07, 6.45) is 0.651. The maximum Gasteiger partial charge on any atom is 0.270 e.